The normalized spacial score (nSPS) is 20.7. The minimum atomic E-state index is 0.242. The molecule has 68 valence electrons. The van der Waals surface area contributed by atoms with E-state index in [1.807, 2.05) is 6.92 Å². The van der Waals surface area contributed by atoms with E-state index in [1.165, 1.54) is 32.1 Å². The van der Waals surface area contributed by atoms with Gasteiger partial charge in [-0.1, -0.05) is 31.6 Å². The summed E-state index contributed by atoms with van der Waals surface area (Å²) in [6, 6.07) is 0.242. The van der Waals surface area contributed by atoms with Crippen molar-refractivity contribution in [2.45, 2.75) is 45.1 Å². The SMILES string of the molecule is C#CC(C)NCCC1CCCC1. The van der Waals surface area contributed by atoms with E-state index in [0.717, 1.165) is 12.5 Å². The highest BCUT2D eigenvalue weighted by atomic mass is 14.9. The Morgan fingerprint density at radius 3 is 2.75 bits per heavy atom. The van der Waals surface area contributed by atoms with E-state index in [4.69, 9.17) is 6.42 Å². The Bertz CT molecular complexity index is 151. The lowest BCUT2D eigenvalue weighted by Crippen LogP contribution is -2.26. The molecule has 0 heterocycles. The molecule has 1 N–H and O–H groups in total. The van der Waals surface area contributed by atoms with E-state index in [0.29, 0.717) is 0 Å². The third kappa shape index (κ3) is 3.28. The van der Waals surface area contributed by atoms with Crippen LogP contribution >= 0.6 is 0 Å². The van der Waals surface area contributed by atoms with Gasteiger partial charge in [-0.25, -0.2) is 0 Å². The highest BCUT2D eigenvalue weighted by Crippen LogP contribution is 2.26. The zero-order valence-electron chi connectivity index (χ0n) is 7.97. The Balaban J connectivity index is 1.98. The van der Waals surface area contributed by atoms with Gasteiger partial charge in [0.15, 0.2) is 0 Å². The number of terminal acetylenes is 1. The van der Waals surface area contributed by atoms with Crippen molar-refractivity contribution < 1.29 is 0 Å². The molecule has 0 radical (unpaired) electrons. The maximum atomic E-state index is 5.25. The minimum Gasteiger partial charge on any atom is -0.304 e. The van der Waals surface area contributed by atoms with Gasteiger partial charge in [-0.05, 0) is 25.8 Å². The second-order valence-electron chi connectivity index (χ2n) is 3.78. The predicted octanol–water partition coefficient (Wildman–Crippen LogP) is 2.18. The molecule has 0 aliphatic heterocycles. The van der Waals surface area contributed by atoms with Gasteiger partial charge in [0.25, 0.3) is 0 Å². The molecule has 0 aromatic heterocycles. The lowest BCUT2D eigenvalue weighted by Gasteiger charge is -2.11. The van der Waals surface area contributed by atoms with Crippen LogP contribution in [-0.2, 0) is 0 Å². The molecule has 1 nitrogen and oxygen atoms in total. The highest BCUT2D eigenvalue weighted by molar-refractivity contribution is 4.95. The van der Waals surface area contributed by atoms with E-state index >= 15 is 0 Å². The van der Waals surface area contributed by atoms with Gasteiger partial charge in [0.05, 0.1) is 6.04 Å². The van der Waals surface area contributed by atoms with Gasteiger partial charge < -0.3 is 5.32 Å². The van der Waals surface area contributed by atoms with E-state index < -0.39 is 0 Å². The first kappa shape index (κ1) is 9.61. The van der Waals surface area contributed by atoms with Crippen LogP contribution in [0.2, 0.25) is 0 Å². The number of rotatable bonds is 4. The van der Waals surface area contributed by atoms with Crippen LogP contribution in [0.5, 0.6) is 0 Å². The second-order valence-corrected chi connectivity index (χ2v) is 3.78. The maximum absolute atomic E-state index is 5.25. The summed E-state index contributed by atoms with van der Waals surface area (Å²) in [5, 5.41) is 3.32. The molecule has 1 rings (SSSR count). The van der Waals surface area contributed by atoms with Gasteiger partial charge in [0.2, 0.25) is 0 Å². The number of hydrogen-bond donors (Lipinski definition) is 1. The molecule has 1 atom stereocenters. The monoisotopic (exact) mass is 165 g/mol. The molecule has 0 aromatic rings. The molecular formula is C11H19N. The Morgan fingerprint density at radius 1 is 1.50 bits per heavy atom. The standard InChI is InChI=1S/C11H19N/c1-3-10(2)12-9-8-11-6-4-5-7-11/h1,10-12H,4-9H2,2H3. The molecular weight excluding hydrogens is 146 g/mol. The van der Waals surface area contributed by atoms with Gasteiger partial charge in [-0.2, -0.15) is 0 Å². The summed E-state index contributed by atoms with van der Waals surface area (Å²) in [5.41, 5.74) is 0. The minimum absolute atomic E-state index is 0.242. The fourth-order valence-electron chi connectivity index (χ4n) is 1.86. The lowest BCUT2D eigenvalue weighted by atomic mass is 10.0. The summed E-state index contributed by atoms with van der Waals surface area (Å²) in [5.74, 6) is 3.65. The van der Waals surface area contributed by atoms with Crippen molar-refractivity contribution in [1.82, 2.24) is 5.32 Å². The van der Waals surface area contributed by atoms with Crippen molar-refractivity contribution >= 4 is 0 Å². The topological polar surface area (TPSA) is 12.0 Å². The van der Waals surface area contributed by atoms with Gasteiger partial charge in [-0.3, -0.25) is 0 Å². The average molecular weight is 165 g/mol. The van der Waals surface area contributed by atoms with Crippen molar-refractivity contribution in [2.24, 2.45) is 5.92 Å². The molecule has 0 aromatic carbocycles. The van der Waals surface area contributed by atoms with Crippen LogP contribution in [0.15, 0.2) is 0 Å². The van der Waals surface area contributed by atoms with Crippen LogP contribution in [0.1, 0.15) is 39.0 Å². The first-order valence-electron chi connectivity index (χ1n) is 5.02. The number of nitrogens with one attached hydrogen (secondary N) is 1. The maximum Gasteiger partial charge on any atom is 0.0658 e. The Morgan fingerprint density at radius 2 is 2.17 bits per heavy atom. The van der Waals surface area contributed by atoms with Gasteiger partial charge >= 0.3 is 0 Å². The lowest BCUT2D eigenvalue weighted by molar-refractivity contribution is 0.471. The molecule has 1 fully saturated rings. The van der Waals surface area contributed by atoms with Crippen LogP contribution in [0.4, 0.5) is 0 Å². The fraction of sp³-hybridized carbons (Fsp3) is 0.818. The Hall–Kier alpha value is -0.480. The molecule has 0 bridgehead atoms. The molecule has 1 unspecified atom stereocenters. The molecule has 0 amide bonds. The van der Waals surface area contributed by atoms with Crippen LogP contribution in [0.25, 0.3) is 0 Å². The predicted molar refractivity (Wildman–Crippen MR) is 52.9 cm³/mol. The summed E-state index contributed by atoms with van der Waals surface area (Å²) in [4.78, 5) is 0. The zero-order chi connectivity index (χ0) is 8.81. The van der Waals surface area contributed by atoms with Crippen molar-refractivity contribution in [3.05, 3.63) is 0 Å². The molecule has 1 saturated carbocycles. The quantitative estimate of drug-likeness (QED) is 0.630. The fourth-order valence-corrected chi connectivity index (χ4v) is 1.86. The van der Waals surface area contributed by atoms with Gasteiger partial charge in [-0.15, -0.1) is 6.42 Å². The first-order chi connectivity index (χ1) is 5.83. The summed E-state index contributed by atoms with van der Waals surface area (Å²) < 4.78 is 0. The van der Waals surface area contributed by atoms with Crippen molar-refractivity contribution in [3.8, 4) is 12.3 Å². The smallest absolute Gasteiger partial charge is 0.0658 e. The van der Waals surface area contributed by atoms with Crippen molar-refractivity contribution in [3.63, 3.8) is 0 Å². The van der Waals surface area contributed by atoms with Crippen LogP contribution < -0.4 is 5.32 Å². The largest absolute Gasteiger partial charge is 0.304 e. The summed E-state index contributed by atoms with van der Waals surface area (Å²) >= 11 is 0. The van der Waals surface area contributed by atoms with Crippen LogP contribution in [0.3, 0.4) is 0 Å². The molecule has 1 heteroatoms. The average Bonchev–Trinajstić information content (AvgIpc) is 2.57. The van der Waals surface area contributed by atoms with Crippen LogP contribution in [0, 0.1) is 18.3 Å². The molecule has 0 saturated heterocycles. The third-order valence-electron chi connectivity index (χ3n) is 2.73. The van der Waals surface area contributed by atoms with Gasteiger partial charge in [0.1, 0.15) is 0 Å². The van der Waals surface area contributed by atoms with E-state index in [2.05, 4.69) is 11.2 Å². The van der Waals surface area contributed by atoms with Gasteiger partial charge in [0, 0.05) is 0 Å². The van der Waals surface area contributed by atoms with E-state index in [9.17, 15) is 0 Å². The molecule has 12 heavy (non-hydrogen) atoms. The Labute approximate surface area is 75.9 Å². The summed E-state index contributed by atoms with van der Waals surface area (Å²) in [6.07, 6.45) is 12.3. The van der Waals surface area contributed by atoms with Crippen molar-refractivity contribution in [1.29, 1.82) is 0 Å². The van der Waals surface area contributed by atoms with E-state index in [-0.39, 0.29) is 6.04 Å². The molecule has 1 aliphatic carbocycles. The van der Waals surface area contributed by atoms with Crippen LogP contribution in [-0.4, -0.2) is 12.6 Å². The first-order valence-corrected chi connectivity index (χ1v) is 5.02. The zero-order valence-corrected chi connectivity index (χ0v) is 7.97. The highest BCUT2D eigenvalue weighted by Gasteiger charge is 2.13. The molecule has 1 aliphatic rings. The molecule has 0 spiro atoms. The summed E-state index contributed by atoms with van der Waals surface area (Å²) in [7, 11) is 0. The van der Waals surface area contributed by atoms with E-state index in [1.54, 1.807) is 0 Å². The van der Waals surface area contributed by atoms with Crippen molar-refractivity contribution in [2.75, 3.05) is 6.54 Å². The second kappa shape index (κ2) is 5.22. The number of hydrogen-bond acceptors (Lipinski definition) is 1. The summed E-state index contributed by atoms with van der Waals surface area (Å²) in [6.45, 7) is 3.13. The Kier molecular flexibility index (Phi) is 4.18. The third-order valence-corrected chi connectivity index (χ3v) is 2.73.